The minimum Gasteiger partial charge on any atom is -0.192 e. The van der Waals surface area contributed by atoms with E-state index in [1.165, 1.54) is 0 Å². The first-order valence-corrected chi connectivity index (χ1v) is 5.71. The molecule has 0 atom stereocenters. The number of nitrogens with zero attached hydrogens (tertiary/aromatic N) is 1. The molecule has 14 heavy (non-hydrogen) atoms. The highest BCUT2D eigenvalue weighted by Gasteiger charge is 1.88. The van der Waals surface area contributed by atoms with Crippen LogP contribution in [0.3, 0.4) is 0 Å². The lowest BCUT2D eigenvalue weighted by Gasteiger charge is -1.93. The van der Waals surface area contributed by atoms with E-state index in [0.717, 1.165) is 23.7 Å². The van der Waals surface area contributed by atoms with Gasteiger partial charge < -0.3 is 0 Å². The van der Waals surface area contributed by atoms with Gasteiger partial charge in [0, 0.05) is 5.33 Å². The number of nitriles is 1. The van der Waals surface area contributed by atoms with Crippen LogP contribution >= 0.6 is 15.9 Å². The van der Waals surface area contributed by atoms with Crippen LogP contribution in [0.2, 0.25) is 0 Å². The van der Waals surface area contributed by atoms with Crippen molar-refractivity contribution >= 4 is 22.0 Å². The summed E-state index contributed by atoms with van der Waals surface area (Å²) in [5.74, 6) is 0. The van der Waals surface area contributed by atoms with Gasteiger partial charge in [0.2, 0.25) is 0 Å². The van der Waals surface area contributed by atoms with E-state index in [1.807, 2.05) is 24.3 Å². The van der Waals surface area contributed by atoms with Crippen LogP contribution in [-0.4, -0.2) is 5.33 Å². The van der Waals surface area contributed by atoms with Gasteiger partial charge >= 0.3 is 0 Å². The smallest absolute Gasteiger partial charge is 0.0991 e. The minimum absolute atomic E-state index is 0.711. The standard InChI is InChI=1S/C12H12BrN/c13-9-3-1-2-4-11-5-7-12(10-14)8-6-11/h2,4-8H,1,3,9H2/b4-2+. The second kappa shape index (κ2) is 6.39. The van der Waals surface area contributed by atoms with E-state index in [2.05, 4.69) is 34.2 Å². The van der Waals surface area contributed by atoms with Crippen molar-refractivity contribution in [3.8, 4) is 6.07 Å². The molecule has 1 aromatic rings. The van der Waals surface area contributed by atoms with Gasteiger partial charge in [-0.15, -0.1) is 0 Å². The zero-order valence-electron chi connectivity index (χ0n) is 7.91. The van der Waals surface area contributed by atoms with E-state index < -0.39 is 0 Å². The lowest BCUT2D eigenvalue weighted by Crippen LogP contribution is -1.75. The molecule has 0 saturated carbocycles. The highest BCUT2D eigenvalue weighted by atomic mass is 79.9. The van der Waals surface area contributed by atoms with Crippen LogP contribution in [0.1, 0.15) is 24.0 Å². The third-order valence-corrected chi connectivity index (χ3v) is 2.42. The number of allylic oxidation sites excluding steroid dienone is 1. The first kappa shape index (κ1) is 11.0. The molecular weight excluding hydrogens is 238 g/mol. The fraction of sp³-hybridized carbons (Fsp3) is 0.250. The van der Waals surface area contributed by atoms with Crippen LogP contribution in [0.5, 0.6) is 0 Å². The van der Waals surface area contributed by atoms with E-state index in [0.29, 0.717) is 5.56 Å². The van der Waals surface area contributed by atoms with Crippen molar-refractivity contribution in [1.29, 1.82) is 5.26 Å². The monoisotopic (exact) mass is 249 g/mol. The number of rotatable bonds is 4. The summed E-state index contributed by atoms with van der Waals surface area (Å²) in [7, 11) is 0. The van der Waals surface area contributed by atoms with Gasteiger partial charge in [-0.1, -0.05) is 40.2 Å². The largest absolute Gasteiger partial charge is 0.192 e. The molecule has 0 N–H and O–H groups in total. The predicted molar refractivity (Wildman–Crippen MR) is 63.2 cm³/mol. The van der Waals surface area contributed by atoms with Gasteiger partial charge in [0.25, 0.3) is 0 Å². The Labute approximate surface area is 93.2 Å². The van der Waals surface area contributed by atoms with Gasteiger partial charge in [-0.3, -0.25) is 0 Å². The summed E-state index contributed by atoms with van der Waals surface area (Å²) in [6, 6.07) is 9.70. The summed E-state index contributed by atoms with van der Waals surface area (Å²) in [4.78, 5) is 0. The van der Waals surface area contributed by atoms with Crippen LogP contribution < -0.4 is 0 Å². The zero-order chi connectivity index (χ0) is 10.2. The summed E-state index contributed by atoms with van der Waals surface area (Å²) in [5.41, 5.74) is 1.86. The molecule has 0 saturated heterocycles. The molecule has 0 aromatic heterocycles. The van der Waals surface area contributed by atoms with Gasteiger partial charge in [-0.25, -0.2) is 0 Å². The molecule has 0 heterocycles. The number of halogens is 1. The number of hydrogen-bond acceptors (Lipinski definition) is 1. The Morgan fingerprint density at radius 3 is 2.57 bits per heavy atom. The Bertz CT molecular complexity index is 332. The average Bonchev–Trinajstić information content (AvgIpc) is 2.25. The molecule has 0 aliphatic rings. The van der Waals surface area contributed by atoms with Crippen molar-refractivity contribution in [2.24, 2.45) is 0 Å². The lowest BCUT2D eigenvalue weighted by molar-refractivity contribution is 0.983. The number of alkyl halides is 1. The van der Waals surface area contributed by atoms with Gasteiger partial charge in [-0.2, -0.15) is 5.26 Å². The van der Waals surface area contributed by atoms with Crippen LogP contribution in [0.4, 0.5) is 0 Å². The van der Waals surface area contributed by atoms with Gasteiger partial charge in [0.05, 0.1) is 11.6 Å². The molecule has 2 heteroatoms. The van der Waals surface area contributed by atoms with Gasteiger partial charge in [0.15, 0.2) is 0 Å². The van der Waals surface area contributed by atoms with Crippen LogP contribution in [-0.2, 0) is 0 Å². The molecule has 0 radical (unpaired) electrons. The van der Waals surface area contributed by atoms with Crippen molar-refractivity contribution in [3.05, 3.63) is 41.5 Å². The summed E-state index contributed by atoms with van der Waals surface area (Å²) >= 11 is 3.38. The van der Waals surface area contributed by atoms with Crippen molar-refractivity contribution in [2.45, 2.75) is 12.8 Å². The maximum atomic E-state index is 8.60. The number of hydrogen-bond donors (Lipinski definition) is 0. The van der Waals surface area contributed by atoms with E-state index in [1.54, 1.807) is 0 Å². The van der Waals surface area contributed by atoms with E-state index >= 15 is 0 Å². The normalized spacial score (nSPS) is 10.3. The van der Waals surface area contributed by atoms with E-state index in [4.69, 9.17) is 5.26 Å². The van der Waals surface area contributed by atoms with Gasteiger partial charge in [0.1, 0.15) is 0 Å². The first-order valence-electron chi connectivity index (χ1n) is 4.59. The van der Waals surface area contributed by atoms with Crippen molar-refractivity contribution < 1.29 is 0 Å². The summed E-state index contributed by atoms with van der Waals surface area (Å²) in [5, 5.41) is 9.65. The summed E-state index contributed by atoms with van der Waals surface area (Å²) < 4.78 is 0. The molecule has 1 rings (SSSR count). The average molecular weight is 250 g/mol. The highest BCUT2D eigenvalue weighted by molar-refractivity contribution is 9.09. The topological polar surface area (TPSA) is 23.8 Å². The van der Waals surface area contributed by atoms with Crippen molar-refractivity contribution in [1.82, 2.24) is 0 Å². The van der Waals surface area contributed by atoms with Crippen LogP contribution in [0, 0.1) is 11.3 Å². The molecule has 0 fully saturated rings. The highest BCUT2D eigenvalue weighted by Crippen LogP contribution is 2.06. The van der Waals surface area contributed by atoms with Gasteiger partial charge in [-0.05, 0) is 30.5 Å². The van der Waals surface area contributed by atoms with Crippen molar-refractivity contribution in [2.75, 3.05) is 5.33 Å². The van der Waals surface area contributed by atoms with Crippen LogP contribution in [0.15, 0.2) is 30.3 Å². The molecule has 0 bridgehead atoms. The first-order chi connectivity index (χ1) is 6.86. The summed E-state index contributed by atoms with van der Waals surface area (Å²) in [6.07, 6.45) is 6.49. The Morgan fingerprint density at radius 1 is 1.29 bits per heavy atom. The Balaban J connectivity index is 2.52. The summed E-state index contributed by atoms with van der Waals surface area (Å²) in [6.45, 7) is 0. The minimum atomic E-state index is 0.711. The second-order valence-corrected chi connectivity index (χ2v) is 3.76. The Hall–Kier alpha value is -1.07. The molecular formula is C12H12BrN. The Morgan fingerprint density at radius 2 is 2.00 bits per heavy atom. The van der Waals surface area contributed by atoms with E-state index in [9.17, 15) is 0 Å². The van der Waals surface area contributed by atoms with Crippen LogP contribution in [0.25, 0.3) is 6.08 Å². The lowest BCUT2D eigenvalue weighted by atomic mass is 10.1. The molecule has 0 amide bonds. The molecule has 1 aromatic carbocycles. The molecule has 0 spiro atoms. The molecule has 0 aliphatic heterocycles. The molecule has 1 nitrogen and oxygen atoms in total. The quantitative estimate of drug-likeness (QED) is 0.589. The Kier molecular flexibility index (Phi) is 5.03. The molecule has 72 valence electrons. The SMILES string of the molecule is N#Cc1ccc(/C=C/CCCBr)cc1. The zero-order valence-corrected chi connectivity index (χ0v) is 9.50. The molecule has 0 unspecified atom stereocenters. The maximum Gasteiger partial charge on any atom is 0.0991 e. The second-order valence-electron chi connectivity index (χ2n) is 2.97. The number of benzene rings is 1. The fourth-order valence-electron chi connectivity index (χ4n) is 1.08. The fourth-order valence-corrected chi connectivity index (χ4v) is 1.41. The maximum absolute atomic E-state index is 8.60. The van der Waals surface area contributed by atoms with Crippen molar-refractivity contribution in [3.63, 3.8) is 0 Å². The third-order valence-electron chi connectivity index (χ3n) is 1.85. The predicted octanol–water partition coefficient (Wildman–Crippen LogP) is 3.75. The third kappa shape index (κ3) is 3.76. The molecule has 0 aliphatic carbocycles. The van der Waals surface area contributed by atoms with E-state index in [-0.39, 0.29) is 0 Å². The number of unbranched alkanes of at least 4 members (excludes halogenated alkanes) is 1.